The summed E-state index contributed by atoms with van der Waals surface area (Å²) in [5.41, 5.74) is 4.05. The van der Waals surface area contributed by atoms with E-state index in [2.05, 4.69) is 67.0 Å². The van der Waals surface area contributed by atoms with Gasteiger partial charge >= 0.3 is 0 Å². The molecule has 108 valence electrons. The molecule has 3 nitrogen and oxygen atoms in total. The van der Waals surface area contributed by atoms with Crippen molar-refractivity contribution in [3.63, 3.8) is 0 Å². The molecule has 0 saturated carbocycles. The predicted octanol–water partition coefficient (Wildman–Crippen LogP) is 3.41. The van der Waals surface area contributed by atoms with E-state index in [0.29, 0.717) is 6.04 Å². The van der Waals surface area contributed by atoms with Gasteiger partial charge in [-0.3, -0.25) is 0 Å². The van der Waals surface area contributed by atoms with Crippen molar-refractivity contribution < 1.29 is 0 Å². The van der Waals surface area contributed by atoms with Gasteiger partial charge in [0, 0.05) is 25.4 Å². The second kappa shape index (κ2) is 6.71. The first-order valence-electron chi connectivity index (χ1n) is 7.46. The Morgan fingerprint density at radius 1 is 1.25 bits per heavy atom. The molecule has 20 heavy (non-hydrogen) atoms. The molecule has 1 heterocycles. The molecule has 0 aliphatic heterocycles. The van der Waals surface area contributed by atoms with Gasteiger partial charge in [0.25, 0.3) is 0 Å². The Morgan fingerprint density at radius 3 is 2.75 bits per heavy atom. The van der Waals surface area contributed by atoms with Crippen LogP contribution >= 0.6 is 0 Å². The largest absolute Gasteiger partial charge is 0.333 e. The van der Waals surface area contributed by atoms with Crippen molar-refractivity contribution in [1.29, 1.82) is 0 Å². The molecule has 3 heteroatoms. The second-order valence-corrected chi connectivity index (χ2v) is 5.32. The fraction of sp³-hybridized carbons (Fsp3) is 0.471. The molecule has 1 atom stereocenters. The number of hydrogen-bond donors (Lipinski definition) is 1. The maximum atomic E-state index is 4.42. The molecule has 1 aromatic heterocycles. The Morgan fingerprint density at radius 2 is 2.05 bits per heavy atom. The average Bonchev–Trinajstić information content (AvgIpc) is 2.88. The summed E-state index contributed by atoms with van der Waals surface area (Å²) < 4.78 is 2.26. The minimum Gasteiger partial charge on any atom is -0.333 e. The number of benzene rings is 1. The summed E-state index contributed by atoms with van der Waals surface area (Å²) in [5.74, 6) is 1.15. The van der Waals surface area contributed by atoms with Gasteiger partial charge in [-0.1, -0.05) is 37.6 Å². The van der Waals surface area contributed by atoms with Crippen molar-refractivity contribution >= 4 is 0 Å². The van der Waals surface area contributed by atoms with Crippen LogP contribution in [0.25, 0.3) is 0 Å². The molecule has 2 rings (SSSR count). The monoisotopic (exact) mass is 271 g/mol. The van der Waals surface area contributed by atoms with Crippen LogP contribution in [0.15, 0.2) is 30.6 Å². The van der Waals surface area contributed by atoms with Crippen LogP contribution in [-0.2, 0) is 13.0 Å². The highest BCUT2D eigenvalue weighted by Gasteiger charge is 2.15. The Labute approximate surface area is 122 Å². The lowest BCUT2D eigenvalue weighted by molar-refractivity contribution is 0.464. The van der Waals surface area contributed by atoms with E-state index in [1.165, 1.54) is 16.7 Å². The lowest BCUT2D eigenvalue weighted by Gasteiger charge is -2.22. The summed E-state index contributed by atoms with van der Waals surface area (Å²) in [7, 11) is 0. The maximum Gasteiger partial charge on any atom is 0.108 e. The Balaban J connectivity index is 2.29. The lowest BCUT2D eigenvalue weighted by atomic mass is 9.98. The van der Waals surface area contributed by atoms with E-state index in [1.807, 2.05) is 6.20 Å². The minimum absolute atomic E-state index is 0.333. The van der Waals surface area contributed by atoms with Crippen molar-refractivity contribution in [2.45, 2.75) is 46.7 Å². The summed E-state index contributed by atoms with van der Waals surface area (Å²) in [6.45, 7) is 10.6. The third-order valence-corrected chi connectivity index (χ3v) is 3.76. The highest BCUT2D eigenvalue weighted by molar-refractivity contribution is 5.33. The highest BCUT2D eigenvalue weighted by Crippen LogP contribution is 2.21. The standard InChI is InChI=1S/C17H25N3/c1-5-17-19-9-10-20(17)12-16(18-6-2)15-11-13(3)7-8-14(15)4/h7-11,16,18H,5-6,12H2,1-4H3. The summed E-state index contributed by atoms with van der Waals surface area (Å²) in [5, 5.41) is 3.61. The van der Waals surface area contributed by atoms with Gasteiger partial charge in [0.05, 0.1) is 6.04 Å². The van der Waals surface area contributed by atoms with E-state index in [9.17, 15) is 0 Å². The number of rotatable bonds is 6. The number of hydrogen-bond acceptors (Lipinski definition) is 2. The molecule has 0 saturated heterocycles. The Hall–Kier alpha value is -1.61. The van der Waals surface area contributed by atoms with Crippen molar-refractivity contribution in [3.05, 3.63) is 53.1 Å². The fourth-order valence-corrected chi connectivity index (χ4v) is 2.67. The number of nitrogens with zero attached hydrogens (tertiary/aromatic N) is 2. The van der Waals surface area contributed by atoms with Gasteiger partial charge in [-0.05, 0) is 31.5 Å². The Kier molecular flexibility index (Phi) is 4.96. The third-order valence-electron chi connectivity index (χ3n) is 3.76. The van der Waals surface area contributed by atoms with Crippen LogP contribution in [-0.4, -0.2) is 16.1 Å². The Bertz CT molecular complexity index is 557. The van der Waals surface area contributed by atoms with Gasteiger partial charge in [-0.2, -0.15) is 0 Å². The zero-order valence-corrected chi connectivity index (χ0v) is 13.0. The second-order valence-electron chi connectivity index (χ2n) is 5.32. The molecule has 0 bridgehead atoms. The molecule has 1 aromatic carbocycles. The van der Waals surface area contributed by atoms with Crippen molar-refractivity contribution in [2.24, 2.45) is 0 Å². The van der Waals surface area contributed by atoms with Crippen LogP contribution in [0.3, 0.4) is 0 Å². The first-order chi connectivity index (χ1) is 9.65. The molecule has 0 amide bonds. The molecule has 0 aliphatic carbocycles. The maximum absolute atomic E-state index is 4.42. The van der Waals surface area contributed by atoms with E-state index in [1.54, 1.807) is 0 Å². The van der Waals surface area contributed by atoms with Crippen LogP contribution < -0.4 is 5.32 Å². The molecular weight excluding hydrogens is 246 g/mol. The van der Waals surface area contributed by atoms with Crippen molar-refractivity contribution in [1.82, 2.24) is 14.9 Å². The molecular formula is C17H25N3. The zero-order valence-electron chi connectivity index (χ0n) is 13.0. The highest BCUT2D eigenvalue weighted by atomic mass is 15.1. The number of imidazole rings is 1. The van der Waals surface area contributed by atoms with Gasteiger partial charge in [0.1, 0.15) is 5.82 Å². The van der Waals surface area contributed by atoms with E-state index >= 15 is 0 Å². The quantitative estimate of drug-likeness (QED) is 0.872. The first kappa shape index (κ1) is 14.8. The molecule has 0 aliphatic rings. The average molecular weight is 271 g/mol. The van der Waals surface area contributed by atoms with Gasteiger partial charge in [-0.25, -0.2) is 4.98 Å². The summed E-state index contributed by atoms with van der Waals surface area (Å²) in [4.78, 5) is 4.42. The van der Waals surface area contributed by atoms with Crippen LogP contribution in [0.4, 0.5) is 0 Å². The summed E-state index contributed by atoms with van der Waals surface area (Å²) >= 11 is 0. The number of aryl methyl sites for hydroxylation is 3. The fourth-order valence-electron chi connectivity index (χ4n) is 2.67. The minimum atomic E-state index is 0.333. The molecule has 2 aromatic rings. The van der Waals surface area contributed by atoms with Gasteiger partial charge < -0.3 is 9.88 Å². The van der Waals surface area contributed by atoms with Crippen LogP contribution in [0.5, 0.6) is 0 Å². The van der Waals surface area contributed by atoms with Gasteiger partial charge in [0.15, 0.2) is 0 Å². The van der Waals surface area contributed by atoms with Gasteiger partial charge in [0.2, 0.25) is 0 Å². The summed E-state index contributed by atoms with van der Waals surface area (Å²) in [6, 6.07) is 7.02. The van der Waals surface area contributed by atoms with Crippen molar-refractivity contribution in [2.75, 3.05) is 6.54 Å². The number of nitrogens with one attached hydrogen (secondary N) is 1. The number of aromatic nitrogens is 2. The van der Waals surface area contributed by atoms with E-state index in [0.717, 1.165) is 25.3 Å². The van der Waals surface area contributed by atoms with E-state index in [-0.39, 0.29) is 0 Å². The first-order valence-corrected chi connectivity index (χ1v) is 7.46. The van der Waals surface area contributed by atoms with Crippen LogP contribution in [0.1, 0.15) is 42.4 Å². The SMILES string of the molecule is CCNC(Cn1ccnc1CC)c1cc(C)ccc1C. The predicted molar refractivity (Wildman–Crippen MR) is 83.9 cm³/mol. The molecule has 1 N–H and O–H groups in total. The normalized spacial score (nSPS) is 12.6. The summed E-state index contributed by atoms with van der Waals surface area (Å²) in [6.07, 6.45) is 4.94. The van der Waals surface area contributed by atoms with Crippen LogP contribution in [0.2, 0.25) is 0 Å². The van der Waals surface area contributed by atoms with E-state index in [4.69, 9.17) is 0 Å². The molecule has 0 spiro atoms. The molecule has 0 radical (unpaired) electrons. The topological polar surface area (TPSA) is 29.9 Å². The van der Waals surface area contributed by atoms with Gasteiger partial charge in [-0.15, -0.1) is 0 Å². The van der Waals surface area contributed by atoms with Crippen LogP contribution in [0, 0.1) is 13.8 Å². The smallest absolute Gasteiger partial charge is 0.108 e. The number of likely N-dealkylation sites (N-methyl/N-ethyl adjacent to an activating group) is 1. The third kappa shape index (κ3) is 3.28. The zero-order chi connectivity index (χ0) is 14.5. The lowest BCUT2D eigenvalue weighted by Crippen LogP contribution is -2.26. The molecule has 0 fully saturated rings. The van der Waals surface area contributed by atoms with Crippen molar-refractivity contribution in [3.8, 4) is 0 Å². The molecule has 1 unspecified atom stereocenters. The van der Waals surface area contributed by atoms with E-state index < -0.39 is 0 Å².